The van der Waals surface area contributed by atoms with Crippen molar-refractivity contribution >= 4 is 17.3 Å². The minimum Gasteiger partial charge on any atom is -0.454 e. The van der Waals surface area contributed by atoms with E-state index >= 15 is 0 Å². The minimum atomic E-state index is -4.67. The first-order valence-corrected chi connectivity index (χ1v) is 5.80. The van der Waals surface area contributed by atoms with Crippen molar-refractivity contribution < 1.29 is 22.6 Å². The number of nitrogens with zero attached hydrogens (tertiary/aromatic N) is 2. The summed E-state index contributed by atoms with van der Waals surface area (Å²) in [5, 5.41) is 2.72. The van der Waals surface area contributed by atoms with E-state index in [-0.39, 0.29) is 18.4 Å². The Hall–Kier alpha value is -2.71. The van der Waals surface area contributed by atoms with E-state index in [1.807, 2.05) is 0 Å². The molecule has 1 aliphatic heterocycles. The number of nitrogens with one attached hydrogen (secondary N) is 1. The molecule has 2 heterocycles. The Morgan fingerprint density at radius 1 is 1.10 bits per heavy atom. The third kappa shape index (κ3) is 2.76. The lowest BCUT2D eigenvalue weighted by Crippen LogP contribution is -2.13. The van der Waals surface area contributed by atoms with Crippen LogP contribution in [0.5, 0.6) is 11.5 Å². The van der Waals surface area contributed by atoms with Crippen molar-refractivity contribution in [2.45, 2.75) is 6.18 Å². The molecule has 110 valence electrons. The van der Waals surface area contributed by atoms with E-state index in [1.165, 1.54) is 6.07 Å². The molecule has 0 spiro atoms. The molecule has 0 bridgehead atoms. The highest BCUT2D eigenvalue weighted by molar-refractivity contribution is 5.63. The summed E-state index contributed by atoms with van der Waals surface area (Å²) in [6, 6.07) is 6.06. The first-order chi connectivity index (χ1) is 9.91. The number of nitrogen functional groups attached to an aromatic ring is 1. The Labute approximate surface area is 116 Å². The predicted molar refractivity (Wildman–Crippen MR) is 67.3 cm³/mol. The fraction of sp³-hybridized carbons (Fsp3) is 0.167. The highest BCUT2D eigenvalue weighted by atomic mass is 19.4. The van der Waals surface area contributed by atoms with Gasteiger partial charge in [-0.1, -0.05) is 0 Å². The molecule has 0 amide bonds. The SMILES string of the molecule is Nc1cc(Nc2ccc3c(c2)OCO3)nc(C(F)(F)F)n1. The van der Waals surface area contributed by atoms with Crippen LogP contribution in [0.1, 0.15) is 5.82 Å². The fourth-order valence-electron chi connectivity index (χ4n) is 1.78. The van der Waals surface area contributed by atoms with E-state index in [0.717, 1.165) is 0 Å². The molecule has 2 aromatic rings. The quantitative estimate of drug-likeness (QED) is 0.886. The molecule has 0 saturated carbocycles. The number of ether oxygens (including phenoxy) is 2. The van der Waals surface area contributed by atoms with Gasteiger partial charge >= 0.3 is 6.18 Å². The van der Waals surface area contributed by atoms with E-state index in [0.29, 0.717) is 17.2 Å². The highest BCUT2D eigenvalue weighted by Crippen LogP contribution is 2.35. The van der Waals surface area contributed by atoms with Gasteiger partial charge < -0.3 is 20.5 Å². The summed E-state index contributed by atoms with van der Waals surface area (Å²) < 4.78 is 48.2. The number of halogens is 3. The molecule has 1 aromatic carbocycles. The smallest absolute Gasteiger partial charge is 0.451 e. The zero-order valence-electron chi connectivity index (χ0n) is 10.4. The Morgan fingerprint density at radius 2 is 1.86 bits per heavy atom. The number of nitrogens with two attached hydrogens (primary N) is 1. The summed E-state index contributed by atoms with van der Waals surface area (Å²) in [6.45, 7) is 0.109. The van der Waals surface area contributed by atoms with Crippen LogP contribution in [-0.4, -0.2) is 16.8 Å². The van der Waals surface area contributed by atoms with Crippen LogP contribution >= 0.6 is 0 Å². The zero-order chi connectivity index (χ0) is 15.0. The molecule has 1 aliphatic rings. The van der Waals surface area contributed by atoms with Crippen LogP contribution in [0, 0.1) is 0 Å². The molecular formula is C12H9F3N4O2. The highest BCUT2D eigenvalue weighted by Gasteiger charge is 2.35. The van der Waals surface area contributed by atoms with Crippen molar-refractivity contribution in [2.75, 3.05) is 17.8 Å². The lowest BCUT2D eigenvalue weighted by atomic mass is 10.3. The van der Waals surface area contributed by atoms with Crippen molar-refractivity contribution in [2.24, 2.45) is 0 Å². The number of alkyl halides is 3. The van der Waals surface area contributed by atoms with Crippen molar-refractivity contribution in [3.8, 4) is 11.5 Å². The van der Waals surface area contributed by atoms with Crippen LogP contribution in [0.2, 0.25) is 0 Å². The van der Waals surface area contributed by atoms with E-state index in [9.17, 15) is 13.2 Å². The minimum absolute atomic E-state index is 0.0614. The van der Waals surface area contributed by atoms with Crippen LogP contribution in [0.4, 0.5) is 30.5 Å². The van der Waals surface area contributed by atoms with Gasteiger partial charge in [0.2, 0.25) is 12.6 Å². The molecule has 6 nitrogen and oxygen atoms in total. The topological polar surface area (TPSA) is 82.3 Å². The molecule has 3 N–H and O–H groups in total. The molecule has 1 aromatic heterocycles. The third-order valence-electron chi connectivity index (χ3n) is 2.64. The summed E-state index contributed by atoms with van der Waals surface area (Å²) in [5.41, 5.74) is 5.86. The Bertz CT molecular complexity index is 691. The number of hydrogen-bond acceptors (Lipinski definition) is 6. The van der Waals surface area contributed by atoms with Crippen molar-refractivity contribution in [1.82, 2.24) is 9.97 Å². The molecule has 0 radical (unpaired) electrons. The summed E-state index contributed by atoms with van der Waals surface area (Å²) in [5.74, 6) is -0.572. The van der Waals surface area contributed by atoms with Crippen molar-refractivity contribution in [1.29, 1.82) is 0 Å². The largest absolute Gasteiger partial charge is 0.454 e. The molecular weight excluding hydrogens is 289 g/mol. The summed E-state index contributed by atoms with van der Waals surface area (Å²) >= 11 is 0. The van der Waals surface area contributed by atoms with Gasteiger partial charge in [0.05, 0.1) is 0 Å². The van der Waals surface area contributed by atoms with Crippen molar-refractivity contribution in [3.05, 3.63) is 30.1 Å². The maximum Gasteiger partial charge on any atom is 0.451 e. The standard InChI is InChI=1S/C12H9F3N4O2/c13-12(14,15)11-18-9(16)4-10(19-11)17-6-1-2-7-8(3-6)21-5-20-7/h1-4H,5H2,(H3,16,17,18,19). The number of rotatable bonds is 2. The molecule has 0 aliphatic carbocycles. The van der Waals surface area contributed by atoms with E-state index in [1.54, 1.807) is 18.2 Å². The second-order valence-corrected chi connectivity index (χ2v) is 4.19. The molecule has 3 rings (SSSR count). The lowest BCUT2D eigenvalue weighted by Gasteiger charge is -2.10. The van der Waals surface area contributed by atoms with Crippen LogP contribution in [0.15, 0.2) is 24.3 Å². The monoisotopic (exact) mass is 298 g/mol. The van der Waals surface area contributed by atoms with Gasteiger partial charge in [-0.3, -0.25) is 0 Å². The second-order valence-electron chi connectivity index (χ2n) is 4.19. The molecule has 0 fully saturated rings. The van der Waals surface area contributed by atoms with Gasteiger partial charge in [0.25, 0.3) is 0 Å². The van der Waals surface area contributed by atoms with Crippen molar-refractivity contribution in [3.63, 3.8) is 0 Å². The lowest BCUT2D eigenvalue weighted by molar-refractivity contribution is -0.144. The number of benzene rings is 1. The van der Waals surface area contributed by atoms with Gasteiger partial charge in [0, 0.05) is 17.8 Å². The Balaban J connectivity index is 1.89. The van der Waals surface area contributed by atoms with E-state index < -0.39 is 12.0 Å². The van der Waals surface area contributed by atoms with Gasteiger partial charge in [-0.2, -0.15) is 13.2 Å². The molecule has 0 atom stereocenters. The average molecular weight is 298 g/mol. The number of aromatic nitrogens is 2. The summed E-state index contributed by atoms with van der Waals surface area (Å²) in [7, 11) is 0. The third-order valence-corrected chi connectivity index (χ3v) is 2.64. The molecule has 21 heavy (non-hydrogen) atoms. The van der Waals surface area contributed by atoms with Gasteiger partial charge in [-0.25, -0.2) is 9.97 Å². The Kier molecular flexibility index (Phi) is 2.96. The van der Waals surface area contributed by atoms with Gasteiger partial charge in [-0.15, -0.1) is 0 Å². The maximum absolute atomic E-state index is 12.6. The first kappa shape index (κ1) is 13.3. The maximum atomic E-state index is 12.6. The van der Waals surface area contributed by atoms with E-state index in [4.69, 9.17) is 15.2 Å². The van der Waals surface area contributed by atoms with Crippen LogP contribution in [0.3, 0.4) is 0 Å². The normalized spacial score (nSPS) is 13.3. The first-order valence-electron chi connectivity index (χ1n) is 5.80. The van der Waals surface area contributed by atoms with Gasteiger partial charge in [0.1, 0.15) is 11.6 Å². The summed E-state index contributed by atoms with van der Waals surface area (Å²) in [6.07, 6.45) is -4.67. The molecule has 0 unspecified atom stereocenters. The number of fused-ring (bicyclic) bond motifs is 1. The predicted octanol–water partition coefficient (Wildman–Crippen LogP) is 2.55. The van der Waals surface area contributed by atoms with Gasteiger partial charge in [0.15, 0.2) is 11.5 Å². The van der Waals surface area contributed by atoms with Crippen LogP contribution in [0.25, 0.3) is 0 Å². The van der Waals surface area contributed by atoms with Crippen LogP contribution in [-0.2, 0) is 6.18 Å². The number of anilines is 3. The molecule has 0 saturated heterocycles. The van der Waals surface area contributed by atoms with E-state index in [2.05, 4.69) is 15.3 Å². The number of hydrogen-bond donors (Lipinski definition) is 2. The average Bonchev–Trinajstić information content (AvgIpc) is 2.84. The fourth-order valence-corrected chi connectivity index (χ4v) is 1.78. The van der Waals surface area contributed by atoms with Crippen LogP contribution < -0.4 is 20.5 Å². The zero-order valence-corrected chi connectivity index (χ0v) is 10.4. The Morgan fingerprint density at radius 3 is 2.62 bits per heavy atom. The van der Waals surface area contributed by atoms with Gasteiger partial charge in [-0.05, 0) is 12.1 Å². The second kappa shape index (κ2) is 4.69. The summed E-state index contributed by atoms with van der Waals surface area (Å²) in [4.78, 5) is 6.56. The molecule has 9 heteroatoms.